The Kier molecular flexibility index (Phi) is 4.68. The van der Waals surface area contributed by atoms with Gasteiger partial charge in [-0.15, -0.1) is 0 Å². The number of hydrogen-bond acceptors (Lipinski definition) is 3. The average Bonchev–Trinajstić information content (AvgIpc) is 2.34. The zero-order chi connectivity index (χ0) is 13.9. The molecule has 1 unspecified atom stereocenters. The van der Waals surface area contributed by atoms with Crippen LogP contribution in [0, 0.1) is 17.1 Å². The van der Waals surface area contributed by atoms with Gasteiger partial charge >= 0.3 is 0 Å². The van der Waals surface area contributed by atoms with E-state index in [0.29, 0.717) is 0 Å². The Bertz CT molecular complexity index is 511. The SMILES string of the molecule is CC(Nc1ccc(C#N)c(Br)c1F)C(=O)N(C)C. The molecule has 0 aromatic heterocycles. The van der Waals surface area contributed by atoms with E-state index in [9.17, 15) is 9.18 Å². The Morgan fingerprint density at radius 1 is 1.56 bits per heavy atom. The topological polar surface area (TPSA) is 56.1 Å². The monoisotopic (exact) mass is 313 g/mol. The molecule has 4 nitrogen and oxygen atoms in total. The van der Waals surface area contributed by atoms with Gasteiger partial charge in [0.2, 0.25) is 5.91 Å². The summed E-state index contributed by atoms with van der Waals surface area (Å²) < 4.78 is 14.0. The van der Waals surface area contributed by atoms with Crippen LogP contribution in [0.3, 0.4) is 0 Å². The lowest BCUT2D eigenvalue weighted by atomic mass is 10.2. The van der Waals surface area contributed by atoms with Gasteiger partial charge in [-0.3, -0.25) is 4.79 Å². The Labute approximate surface area is 114 Å². The van der Waals surface area contributed by atoms with Crippen LogP contribution in [-0.4, -0.2) is 30.9 Å². The third kappa shape index (κ3) is 2.99. The summed E-state index contributed by atoms with van der Waals surface area (Å²) in [6.07, 6.45) is 0. The number of halogens is 2. The second-order valence-corrected chi connectivity index (χ2v) is 4.79. The number of hydrogen-bond donors (Lipinski definition) is 1. The molecule has 0 aliphatic heterocycles. The molecule has 1 aromatic carbocycles. The van der Waals surface area contributed by atoms with E-state index in [1.165, 1.54) is 17.0 Å². The van der Waals surface area contributed by atoms with Crippen molar-refractivity contribution in [3.63, 3.8) is 0 Å². The lowest BCUT2D eigenvalue weighted by Crippen LogP contribution is -2.36. The first-order chi connectivity index (χ1) is 8.38. The molecule has 6 heteroatoms. The normalized spacial score (nSPS) is 11.6. The summed E-state index contributed by atoms with van der Waals surface area (Å²) in [5, 5.41) is 11.5. The molecule has 1 aromatic rings. The number of amides is 1. The minimum atomic E-state index is -0.576. The van der Waals surface area contributed by atoms with Gasteiger partial charge in [0.15, 0.2) is 5.82 Å². The van der Waals surface area contributed by atoms with Crippen LogP contribution >= 0.6 is 15.9 Å². The molecule has 1 N–H and O–H groups in total. The number of nitrogens with zero attached hydrogens (tertiary/aromatic N) is 2. The first-order valence-corrected chi connectivity index (χ1v) is 6.03. The highest BCUT2D eigenvalue weighted by Gasteiger charge is 2.18. The summed E-state index contributed by atoms with van der Waals surface area (Å²) in [4.78, 5) is 13.1. The predicted octanol–water partition coefficient (Wildman–Crippen LogP) is 2.35. The van der Waals surface area contributed by atoms with Gasteiger partial charge in [0.05, 0.1) is 15.7 Å². The van der Waals surface area contributed by atoms with Gasteiger partial charge in [-0.1, -0.05) is 0 Å². The van der Waals surface area contributed by atoms with Crippen LogP contribution in [-0.2, 0) is 4.79 Å². The maximum Gasteiger partial charge on any atom is 0.244 e. The van der Waals surface area contributed by atoms with Crippen molar-refractivity contribution in [2.24, 2.45) is 0 Å². The quantitative estimate of drug-likeness (QED) is 0.932. The summed E-state index contributed by atoms with van der Waals surface area (Å²) in [6.45, 7) is 1.65. The summed E-state index contributed by atoms with van der Waals surface area (Å²) in [7, 11) is 3.26. The van der Waals surface area contributed by atoms with Gasteiger partial charge in [-0.25, -0.2) is 4.39 Å². The molecule has 0 aliphatic rings. The van der Waals surface area contributed by atoms with Crippen molar-refractivity contribution in [2.45, 2.75) is 13.0 Å². The minimum Gasteiger partial charge on any atom is -0.371 e. The largest absolute Gasteiger partial charge is 0.371 e. The van der Waals surface area contributed by atoms with Gasteiger partial charge in [-0.2, -0.15) is 5.26 Å². The fourth-order valence-electron chi connectivity index (χ4n) is 1.43. The highest BCUT2D eigenvalue weighted by atomic mass is 79.9. The van der Waals surface area contributed by atoms with Crippen LogP contribution in [0.15, 0.2) is 16.6 Å². The zero-order valence-corrected chi connectivity index (χ0v) is 11.9. The number of benzene rings is 1. The Hall–Kier alpha value is -1.61. The molecule has 1 atom stereocenters. The van der Waals surface area contributed by atoms with Crippen LogP contribution < -0.4 is 5.32 Å². The highest BCUT2D eigenvalue weighted by molar-refractivity contribution is 9.10. The van der Waals surface area contributed by atoms with E-state index in [4.69, 9.17) is 5.26 Å². The van der Waals surface area contributed by atoms with E-state index >= 15 is 0 Å². The fourth-order valence-corrected chi connectivity index (χ4v) is 1.86. The highest BCUT2D eigenvalue weighted by Crippen LogP contribution is 2.27. The van der Waals surface area contributed by atoms with Gasteiger partial charge in [0, 0.05) is 14.1 Å². The molecule has 0 heterocycles. The number of carbonyl (C=O) groups is 1. The molecule has 1 amide bonds. The van der Waals surface area contributed by atoms with Crippen LogP contribution in [0.5, 0.6) is 0 Å². The van der Waals surface area contributed by atoms with Crippen LogP contribution in [0.1, 0.15) is 12.5 Å². The van der Waals surface area contributed by atoms with Crippen LogP contribution in [0.2, 0.25) is 0 Å². The fraction of sp³-hybridized carbons (Fsp3) is 0.333. The van der Waals surface area contributed by atoms with E-state index in [-0.39, 0.29) is 21.6 Å². The molecule has 18 heavy (non-hydrogen) atoms. The maximum absolute atomic E-state index is 13.9. The summed E-state index contributed by atoms with van der Waals surface area (Å²) in [5.41, 5.74) is 0.396. The third-order valence-electron chi connectivity index (χ3n) is 2.39. The number of nitrogens with one attached hydrogen (secondary N) is 1. The number of carbonyl (C=O) groups excluding carboxylic acids is 1. The molecule has 0 aliphatic carbocycles. The van der Waals surface area contributed by atoms with Crippen molar-refractivity contribution < 1.29 is 9.18 Å². The van der Waals surface area contributed by atoms with E-state index < -0.39 is 11.9 Å². The van der Waals surface area contributed by atoms with E-state index in [2.05, 4.69) is 21.2 Å². The van der Waals surface area contributed by atoms with Crippen molar-refractivity contribution >= 4 is 27.5 Å². The molecule has 0 spiro atoms. The number of nitriles is 1. The second kappa shape index (κ2) is 5.83. The van der Waals surface area contributed by atoms with Crippen molar-refractivity contribution in [3.05, 3.63) is 28.0 Å². The second-order valence-electron chi connectivity index (χ2n) is 4.00. The molecule has 0 radical (unpaired) electrons. The Morgan fingerprint density at radius 3 is 2.67 bits per heavy atom. The number of likely N-dealkylation sites (N-methyl/N-ethyl adjacent to an activating group) is 1. The van der Waals surface area contributed by atoms with Crippen molar-refractivity contribution in [1.29, 1.82) is 5.26 Å². The molecular formula is C12H13BrFN3O. The van der Waals surface area contributed by atoms with Crippen molar-refractivity contribution in [2.75, 3.05) is 19.4 Å². The summed E-state index contributed by atoms with van der Waals surface area (Å²) >= 11 is 3.01. The molecule has 0 bridgehead atoms. The first-order valence-electron chi connectivity index (χ1n) is 5.24. The van der Waals surface area contributed by atoms with Crippen molar-refractivity contribution in [1.82, 2.24) is 4.90 Å². The number of rotatable bonds is 3. The Balaban J connectivity index is 2.97. The maximum atomic E-state index is 13.9. The van der Waals surface area contributed by atoms with E-state index in [1.807, 2.05) is 6.07 Å². The summed E-state index contributed by atoms with van der Waals surface area (Å²) in [5.74, 6) is -0.734. The first kappa shape index (κ1) is 14.5. The molecule has 96 valence electrons. The summed E-state index contributed by atoms with van der Waals surface area (Å²) in [6, 6.07) is 4.25. The average molecular weight is 314 g/mol. The van der Waals surface area contributed by atoms with Crippen LogP contribution in [0.4, 0.5) is 10.1 Å². The third-order valence-corrected chi connectivity index (χ3v) is 3.16. The van der Waals surface area contributed by atoms with Gasteiger partial charge in [0.25, 0.3) is 0 Å². The molecular weight excluding hydrogens is 301 g/mol. The smallest absolute Gasteiger partial charge is 0.244 e. The zero-order valence-electron chi connectivity index (χ0n) is 10.3. The van der Waals surface area contributed by atoms with E-state index in [1.54, 1.807) is 21.0 Å². The van der Waals surface area contributed by atoms with Gasteiger partial charge < -0.3 is 10.2 Å². The lowest BCUT2D eigenvalue weighted by Gasteiger charge is -2.19. The molecule has 0 saturated heterocycles. The standard InChI is InChI=1S/C12H13BrFN3O/c1-7(12(18)17(2)3)16-9-5-4-8(6-15)10(13)11(9)14/h4-5,7,16H,1-3H3. The van der Waals surface area contributed by atoms with E-state index in [0.717, 1.165) is 0 Å². The minimum absolute atomic E-state index is 0.0968. The number of anilines is 1. The van der Waals surface area contributed by atoms with Crippen LogP contribution in [0.25, 0.3) is 0 Å². The molecule has 0 fully saturated rings. The molecule has 0 saturated carbocycles. The molecule has 1 rings (SSSR count). The predicted molar refractivity (Wildman–Crippen MR) is 70.6 cm³/mol. The lowest BCUT2D eigenvalue weighted by molar-refractivity contribution is -0.129. The van der Waals surface area contributed by atoms with Crippen molar-refractivity contribution in [3.8, 4) is 6.07 Å². The van der Waals surface area contributed by atoms with Gasteiger partial charge in [-0.05, 0) is 35.0 Å². The van der Waals surface area contributed by atoms with Gasteiger partial charge in [0.1, 0.15) is 12.1 Å². The Morgan fingerprint density at radius 2 is 2.17 bits per heavy atom.